The highest BCUT2D eigenvalue weighted by molar-refractivity contribution is 6.30. The first kappa shape index (κ1) is 20.7. The van der Waals surface area contributed by atoms with Crippen molar-refractivity contribution in [2.24, 2.45) is 0 Å². The molecule has 7 heteroatoms. The lowest BCUT2D eigenvalue weighted by Gasteiger charge is -2.16. The topological polar surface area (TPSA) is 64.6 Å². The summed E-state index contributed by atoms with van der Waals surface area (Å²) in [7, 11) is 0. The predicted octanol–water partition coefficient (Wildman–Crippen LogP) is 4.55. The van der Waals surface area contributed by atoms with Crippen molar-refractivity contribution in [2.45, 2.75) is 32.8 Å². The number of carbonyl (C=O) groups excluding carboxylic acids is 2. The monoisotopic (exact) mass is 393 g/mol. The number of hydrogen-bond acceptors (Lipinski definition) is 4. The number of hydrogen-bond donors (Lipinski definition) is 1. The van der Waals surface area contributed by atoms with Crippen LogP contribution in [0.15, 0.2) is 42.5 Å². The van der Waals surface area contributed by atoms with E-state index in [0.717, 1.165) is 11.6 Å². The van der Waals surface area contributed by atoms with Gasteiger partial charge in [0.2, 0.25) is 0 Å². The van der Waals surface area contributed by atoms with Gasteiger partial charge >= 0.3 is 5.97 Å². The lowest BCUT2D eigenvalue weighted by molar-refractivity contribution is -0.155. The average molecular weight is 394 g/mol. The zero-order valence-electron chi connectivity index (χ0n) is 15.3. The van der Waals surface area contributed by atoms with Gasteiger partial charge in [0.25, 0.3) is 5.91 Å². The SMILES string of the molecule is CC(C)c1ccccc1OCC(=O)O[C@H](C)C(=O)Nc1ccc(Cl)cc1F. The van der Waals surface area contributed by atoms with Gasteiger partial charge in [0.15, 0.2) is 12.7 Å². The number of halogens is 2. The van der Waals surface area contributed by atoms with Crippen molar-refractivity contribution in [3.05, 3.63) is 58.9 Å². The molecule has 1 atom stereocenters. The highest BCUT2D eigenvalue weighted by Gasteiger charge is 2.20. The summed E-state index contributed by atoms with van der Waals surface area (Å²) < 4.78 is 24.3. The fourth-order valence-corrected chi connectivity index (χ4v) is 2.49. The molecule has 5 nitrogen and oxygen atoms in total. The van der Waals surface area contributed by atoms with Gasteiger partial charge in [-0.15, -0.1) is 0 Å². The second-order valence-corrected chi connectivity index (χ2v) is 6.66. The maximum atomic E-state index is 13.7. The van der Waals surface area contributed by atoms with Crippen molar-refractivity contribution >= 4 is 29.2 Å². The second-order valence-electron chi connectivity index (χ2n) is 6.23. The van der Waals surface area contributed by atoms with E-state index in [4.69, 9.17) is 21.1 Å². The number of anilines is 1. The third-order valence-electron chi connectivity index (χ3n) is 3.75. The largest absolute Gasteiger partial charge is 0.482 e. The Kier molecular flexibility index (Phi) is 7.19. The summed E-state index contributed by atoms with van der Waals surface area (Å²) in [6, 6.07) is 11.2. The zero-order valence-corrected chi connectivity index (χ0v) is 16.0. The lowest BCUT2D eigenvalue weighted by Crippen LogP contribution is -2.32. The van der Waals surface area contributed by atoms with Gasteiger partial charge in [-0.05, 0) is 42.7 Å². The summed E-state index contributed by atoms with van der Waals surface area (Å²) in [6.07, 6.45) is -1.11. The molecule has 0 saturated carbocycles. The van der Waals surface area contributed by atoms with Crippen molar-refractivity contribution in [3.63, 3.8) is 0 Å². The summed E-state index contributed by atoms with van der Waals surface area (Å²) in [5, 5.41) is 2.56. The van der Waals surface area contributed by atoms with E-state index in [0.29, 0.717) is 5.75 Å². The van der Waals surface area contributed by atoms with E-state index in [9.17, 15) is 14.0 Å². The Morgan fingerprint density at radius 3 is 2.52 bits per heavy atom. The molecular weight excluding hydrogens is 373 g/mol. The fourth-order valence-electron chi connectivity index (χ4n) is 2.34. The fraction of sp³-hybridized carbons (Fsp3) is 0.300. The molecule has 0 radical (unpaired) electrons. The van der Waals surface area contributed by atoms with Crippen LogP contribution < -0.4 is 10.1 Å². The quantitative estimate of drug-likeness (QED) is 0.701. The van der Waals surface area contributed by atoms with Crippen molar-refractivity contribution in [1.82, 2.24) is 0 Å². The predicted molar refractivity (Wildman–Crippen MR) is 102 cm³/mol. The molecule has 0 heterocycles. The van der Waals surface area contributed by atoms with Gasteiger partial charge in [0, 0.05) is 5.02 Å². The van der Waals surface area contributed by atoms with E-state index in [-0.39, 0.29) is 23.2 Å². The molecule has 0 saturated heterocycles. The number of amides is 1. The molecule has 0 spiro atoms. The summed E-state index contributed by atoms with van der Waals surface area (Å²) in [6.45, 7) is 5.09. The third kappa shape index (κ3) is 5.96. The third-order valence-corrected chi connectivity index (χ3v) is 3.99. The standard InChI is InChI=1S/C20H21ClFNO4/c1-12(2)15-6-4-5-7-18(15)26-11-19(24)27-13(3)20(25)23-17-9-8-14(21)10-16(17)22/h4-10,12-13H,11H2,1-3H3,(H,23,25)/t13-/m1/s1. The van der Waals surface area contributed by atoms with Crippen molar-refractivity contribution < 1.29 is 23.5 Å². The minimum absolute atomic E-state index is 0.0468. The number of carbonyl (C=O) groups is 2. The number of rotatable bonds is 7. The van der Waals surface area contributed by atoms with Crippen LogP contribution in [0.25, 0.3) is 0 Å². The van der Waals surface area contributed by atoms with E-state index < -0.39 is 23.8 Å². The van der Waals surface area contributed by atoms with Gasteiger partial charge in [-0.1, -0.05) is 43.6 Å². The molecule has 2 aromatic rings. The maximum Gasteiger partial charge on any atom is 0.344 e. The molecule has 1 amide bonds. The van der Waals surface area contributed by atoms with Crippen molar-refractivity contribution in [2.75, 3.05) is 11.9 Å². The molecule has 1 N–H and O–H groups in total. The molecule has 2 rings (SSSR count). The molecule has 0 aliphatic heterocycles. The number of benzene rings is 2. The summed E-state index contributed by atoms with van der Waals surface area (Å²) in [4.78, 5) is 24.0. The first-order valence-corrected chi connectivity index (χ1v) is 8.83. The van der Waals surface area contributed by atoms with Crippen LogP contribution in [0.5, 0.6) is 5.75 Å². The van der Waals surface area contributed by atoms with Gasteiger partial charge in [0.05, 0.1) is 5.69 Å². The van der Waals surface area contributed by atoms with E-state index in [1.165, 1.54) is 19.1 Å². The lowest BCUT2D eigenvalue weighted by atomic mass is 10.0. The van der Waals surface area contributed by atoms with Crippen molar-refractivity contribution in [1.29, 1.82) is 0 Å². The van der Waals surface area contributed by atoms with Crippen LogP contribution in [-0.4, -0.2) is 24.6 Å². The summed E-state index contributed by atoms with van der Waals surface area (Å²) >= 11 is 5.66. The van der Waals surface area contributed by atoms with Gasteiger partial charge in [-0.3, -0.25) is 4.79 Å². The zero-order chi connectivity index (χ0) is 20.0. The smallest absolute Gasteiger partial charge is 0.344 e. The molecule has 0 unspecified atom stereocenters. The number of esters is 1. The molecule has 0 aromatic heterocycles. The Labute approximate surface area is 162 Å². The molecule has 0 aliphatic rings. The van der Waals surface area contributed by atoms with E-state index in [2.05, 4.69) is 5.32 Å². The summed E-state index contributed by atoms with van der Waals surface area (Å²) in [5.74, 6) is -1.22. The van der Waals surface area contributed by atoms with Crippen LogP contribution in [0.4, 0.5) is 10.1 Å². The number of para-hydroxylation sites is 1. The van der Waals surface area contributed by atoms with E-state index >= 15 is 0 Å². The Morgan fingerprint density at radius 1 is 1.15 bits per heavy atom. The molecule has 144 valence electrons. The molecule has 0 aliphatic carbocycles. The second kappa shape index (κ2) is 9.37. The first-order valence-electron chi connectivity index (χ1n) is 8.45. The maximum absolute atomic E-state index is 13.7. The Balaban J connectivity index is 1.89. The Morgan fingerprint density at radius 2 is 1.85 bits per heavy atom. The summed E-state index contributed by atoms with van der Waals surface area (Å²) in [5.41, 5.74) is 0.920. The molecule has 2 aromatic carbocycles. The highest BCUT2D eigenvalue weighted by Crippen LogP contribution is 2.25. The average Bonchev–Trinajstić information content (AvgIpc) is 2.62. The first-order chi connectivity index (χ1) is 12.8. The van der Waals surface area contributed by atoms with Crippen molar-refractivity contribution in [3.8, 4) is 5.75 Å². The van der Waals surface area contributed by atoms with Crippen LogP contribution in [0.1, 0.15) is 32.3 Å². The molecule has 0 fully saturated rings. The minimum Gasteiger partial charge on any atom is -0.482 e. The molecule has 0 bridgehead atoms. The van der Waals surface area contributed by atoms with Gasteiger partial charge in [-0.2, -0.15) is 0 Å². The van der Waals surface area contributed by atoms with Gasteiger partial charge in [-0.25, -0.2) is 9.18 Å². The van der Waals surface area contributed by atoms with Crippen LogP contribution in [0.2, 0.25) is 5.02 Å². The normalized spacial score (nSPS) is 11.8. The van der Waals surface area contributed by atoms with E-state index in [1.807, 2.05) is 32.0 Å². The molecule has 27 heavy (non-hydrogen) atoms. The number of nitrogens with one attached hydrogen (secondary N) is 1. The Bertz CT molecular complexity index is 825. The van der Waals surface area contributed by atoms with E-state index in [1.54, 1.807) is 6.07 Å². The molecular formula is C20H21ClFNO4. The van der Waals surface area contributed by atoms with Crippen LogP contribution >= 0.6 is 11.6 Å². The van der Waals surface area contributed by atoms with Gasteiger partial charge < -0.3 is 14.8 Å². The van der Waals surface area contributed by atoms with Gasteiger partial charge in [0.1, 0.15) is 11.6 Å². The van der Waals surface area contributed by atoms with Crippen LogP contribution in [-0.2, 0) is 14.3 Å². The minimum atomic E-state index is -1.11. The highest BCUT2D eigenvalue weighted by atomic mass is 35.5. The van der Waals surface area contributed by atoms with Crippen LogP contribution in [0, 0.1) is 5.82 Å². The Hall–Kier alpha value is -2.60. The van der Waals surface area contributed by atoms with Crippen LogP contribution in [0.3, 0.4) is 0 Å². The number of ether oxygens (including phenoxy) is 2.